The SMILES string of the molecule is COC(=O)C(=O)NCCC1CCCN(C)C1. The van der Waals surface area contributed by atoms with Gasteiger partial charge in [0.2, 0.25) is 0 Å². The minimum absolute atomic E-state index is 0.548. The Bertz CT molecular complexity index is 256. The molecule has 0 aromatic rings. The summed E-state index contributed by atoms with van der Waals surface area (Å²) in [5.41, 5.74) is 0. The summed E-state index contributed by atoms with van der Waals surface area (Å²) in [6.45, 7) is 2.78. The Labute approximate surface area is 96.1 Å². The lowest BCUT2D eigenvalue weighted by molar-refractivity contribution is -0.152. The summed E-state index contributed by atoms with van der Waals surface area (Å²) in [5, 5.41) is 2.56. The van der Waals surface area contributed by atoms with Crippen molar-refractivity contribution < 1.29 is 14.3 Å². The summed E-state index contributed by atoms with van der Waals surface area (Å²) in [6.07, 6.45) is 3.34. The number of carbonyl (C=O) groups excluding carboxylic acids is 2. The highest BCUT2D eigenvalue weighted by molar-refractivity contribution is 6.32. The Morgan fingerprint density at radius 3 is 2.88 bits per heavy atom. The molecule has 0 aromatic heterocycles. The van der Waals surface area contributed by atoms with E-state index in [9.17, 15) is 9.59 Å². The van der Waals surface area contributed by atoms with Crippen LogP contribution in [-0.2, 0) is 14.3 Å². The van der Waals surface area contributed by atoms with Gasteiger partial charge in [0.1, 0.15) is 0 Å². The monoisotopic (exact) mass is 228 g/mol. The molecule has 1 rings (SSSR count). The Kier molecular flexibility index (Phi) is 5.25. The van der Waals surface area contributed by atoms with Crippen molar-refractivity contribution in [3.8, 4) is 0 Å². The van der Waals surface area contributed by atoms with E-state index in [1.165, 1.54) is 20.0 Å². The molecule has 1 fully saturated rings. The van der Waals surface area contributed by atoms with Gasteiger partial charge in [-0.2, -0.15) is 0 Å². The number of likely N-dealkylation sites (tertiary alicyclic amines) is 1. The highest BCUT2D eigenvalue weighted by atomic mass is 16.5. The third-order valence-electron chi connectivity index (χ3n) is 2.93. The topological polar surface area (TPSA) is 58.6 Å². The zero-order valence-corrected chi connectivity index (χ0v) is 9.99. The summed E-state index contributed by atoms with van der Waals surface area (Å²) in [7, 11) is 3.32. The first-order valence-corrected chi connectivity index (χ1v) is 5.68. The van der Waals surface area contributed by atoms with E-state index < -0.39 is 11.9 Å². The van der Waals surface area contributed by atoms with Gasteiger partial charge in [-0.3, -0.25) is 4.79 Å². The zero-order chi connectivity index (χ0) is 12.0. The van der Waals surface area contributed by atoms with Gasteiger partial charge in [-0.05, 0) is 38.8 Å². The van der Waals surface area contributed by atoms with Crippen molar-refractivity contribution in [3.05, 3.63) is 0 Å². The number of hydrogen-bond donors (Lipinski definition) is 1. The van der Waals surface area contributed by atoms with Crippen molar-refractivity contribution in [3.63, 3.8) is 0 Å². The van der Waals surface area contributed by atoms with E-state index in [2.05, 4.69) is 22.0 Å². The number of hydrogen-bond acceptors (Lipinski definition) is 4. The Morgan fingerprint density at radius 2 is 2.25 bits per heavy atom. The van der Waals surface area contributed by atoms with Gasteiger partial charge in [-0.1, -0.05) is 0 Å². The fraction of sp³-hybridized carbons (Fsp3) is 0.818. The van der Waals surface area contributed by atoms with Crippen LogP contribution in [-0.4, -0.2) is 50.6 Å². The normalized spacial score (nSPS) is 21.5. The number of methoxy groups -OCH3 is 1. The van der Waals surface area contributed by atoms with Crippen LogP contribution in [0.3, 0.4) is 0 Å². The lowest BCUT2D eigenvalue weighted by Gasteiger charge is -2.29. The maximum atomic E-state index is 11.1. The van der Waals surface area contributed by atoms with E-state index in [0.29, 0.717) is 12.5 Å². The third-order valence-corrected chi connectivity index (χ3v) is 2.93. The molecule has 0 radical (unpaired) electrons. The molecule has 5 heteroatoms. The van der Waals surface area contributed by atoms with E-state index in [0.717, 1.165) is 19.5 Å². The zero-order valence-electron chi connectivity index (χ0n) is 9.99. The van der Waals surface area contributed by atoms with Gasteiger partial charge in [-0.25, -0.2) is 4.79 Å². The molecule has 1 heterocycles. The Morgan fingerprint density at radius 1 is 1.50 bits per heavy atom. The first kappa shape index (κ1) is 13.0. The molecule has 1 unspecified atom stereocenters. The minimum Gasteiger partial charge on any atom is -0.462 e. The van der Waals surface area contributed by atoms with E-state index in [-0.39, 0.29) is 0 Å². The molecule has 1 amide bonds. The quantitative estimate of drug-likeness (QED) is 0.546. The second-order valence-electron chi connectivity index (χ2n) is 4.31. The van der Waals surface area contributed by atoms with E-state index >= 15 is 0 Å². The molecule has 92 valence electrons. The predicted octanol–water partition coefficient (Wildman–Crippen LogP) is 0.00750. The molecule has 0 saturated carbocycles. The number of nitrogens with zero attached hydrogens (tertiary/aromatic N) is 1. The minimum atomic E-state index is -0.819. The maximum absolute atomic E-state index is 11.1. The number of amides is 1. The number of nitrogens with one attached hydrogen (secondary N) is 1. The second kappa shape index (κ2) is 6.48. The van der Waals surface area contributed by atoms with E-state index in [1.54, 1.807) is 0 Å². The van der Waals surface area contributed by atoms with Crippen molar-refractivity contribution >= 4 is 11.9 Å². The summed E-state index contributed by atoms with van der Waals surface area (Å²) in [4.78, 5) is 24.2. The van der Waals surface area contributed by atoms with E-state index in [4.69, 9.17) is 0 Å². The summed E-state index contributed by atoms with van der Waals surface area (Å²) in [5.74, 6) is -0.843. The summed E-state index contributed by atoms with van der Waals surface area (Å²) >= 11 is 0. The first-order valence-electron chi connectivity index (χ1n) is 5.68. The van der Waals surface area contributed by atoms with Crippen LogP contribution in [0.5, 0.6) is 0 Å². The van der Waals surface area contributed by atoms with Crippen LogP contribution in [0.15, 0.2) is 0 Å². The van der Waals surface area contributed by atoms with Crippen LogP contribution in [0.25, 0.3) is 0 Å². The van der Waals surface area contributed by atoms with Gasteiger partial charge in [-0.15, -0.1) is 0 Å². The van der Waals surface area contributed by atoms with Crippen molar-refractivity contribution in [2.24, 2.45) is 5.92 Å². The lowest BCUT2D eigenvalue weighted by Crippen LogP contribution is -2.36. The molecule has 0 aliphatic carbocycles. The van der Waals surface area contributed by atoms with Crippen LogP contribution >= 0.6 is 0 Å². The highest BCUT2D eigenvalue weighted by Gasteiger charge is 2.18. The fourth-order valence-electron chi connectivity index (χ4n) is 2.06. The van der Waals surface area contributed by atoms with Crippen molar-refractivity contribution in [1.29, 1.82) is 0 Å². The van der Waals surface area contributed by atoms with E-state index in [1.807, 2.05) is 0 Å². The van der Waals surface area contributed by atoms with Crippen LogP contribution in [0.1, 0.15) is 19.3 Å². The Balaban J connectivity index is 2.15. The van der Waals surface area contributed by atoms with Crippen LogP contribution in [0, 0.1) is 5.92 Å². The van der Waals surface area contributed by atoms with Gasteiger partial charge < -0.3 is 15.0 Å². The van der Waals surface area contributed by atoms with Gasteiger partial charge in [0.15, 0.2) is 0 Å². The molecule has 1 aliphatic rings. The highest BCUT2D eigenvalue weighted by Crippen LogP contribution is 2.17. The van der Waals surface area contributed by atoms with Gasteiger partial charge in [0.25, 0.3) is 0 Å². The third kappa shape index (κ3) is 4.18. The van der Waals surface area contributed by atoms with Crippen LogP contribution < -0.4 is 5.32 Å². The standard InChI is InChI=1S/C11H20N2O3/c1-13-7-3-4-9(8-13)5-6-12-10(14)11(15)16-2/h9H,3-8H2,1-2H3,(H,12,14). The number of ether oxygens (including phenoxy) is 1. The number of esters is 1. The Hall–Kier alpha value is -1.10. The smallest absolute Gasteiger partial charge is 0.396 e. The second-order valence-corrected chi connectivity index (χ2v) is 4.31. The van der Waals surface area contributed by atoms with Crippen molar-refractivity contribution in [1.82, 2.24) is 10.2 Å². The molecule has 1 N–H and O–H groups in total. The molecule has 0 aromatic carbocycles. The van der Waals surface area contributed by atoms with Gasteiger partial charge in [0, 0.05) is 13.1 Å². The molecule has 1 saturated heterocycles. The molecule has 16 heavy (non-hydrogen) atoms. The molecule has 5 nitrogen and oxygen atoms in total. The number of piperidine rings is 1. The summed E-state index contributed by atoms with van der Waals surface area (Å²) in [6, 6.07) is 0. The van der Waals surface area contributed by atoms with Crippen LogP contribution in [0.2, 0.25) is 0 Å². The molecular formula is C11H20N2O3. The number of carbonyl (C=O) groups is 2. The van der Waals surface area contributed by atoms with Gasteiger partial charge in [0.05, 0.1) is 7.11 Å². The van der Waals surface area contributed by atoms with Gasteiger partial charge >= 0.3 is 11.9 Å². The van der Waals surface area contributed by atoms with Crippen LogP contribution in [0.4, 0.5) is 0 Å². The first-order chi connectivity index (χ1) is 7.63. The maximum Gasteiger partial charge on any atom is 0.396 e. The lowest BCUT2D eigenvalue weighted by atomic mass is 9.95. The predicted molar refractivity (Wildman–Crippen MR) is 59.9 cm³/mol. The fourth-order valence-corrected chi connectivity index (χ4v) is 2.06. The van der Waals surface area contributed by atoms with Crippen molar-refractivity contribution in [2.75, 3.05) is 33.8 Å². The largest absolute Gasteiger partial charge is 0.462 e. The molecule has 1 atom stereocenters. The molecule has 0 bridgehead atoms. The average Bonchev–Trinajstić information content (AvgIpc) is 2.28. The molecule has 0 spiro atoms. The van der Waals surface area contributed by atoms with Crippen molar-refractivity contribution in [2.45, 2.75) is 19.3 Å². The summed E-state index contributed by atoms with van der Waals surface area (Å²) < 4.78 is 4.31. The number of rotatable bonds is 3. The average molecular weight is 228 g/mol. The molecular weight excluding hydrogens is 208 g/mol. The molecule has 1 aliphatic heterocycles.